The third kappa shape index (κ3) is 5.00. The molecule has 3 aromatic carbocycles. The molecular weight excluding hydrogens is 545 g/mol. The molecule has 0 unspecified atom stereocenters. The van der Waals surface area contributed by atoms with E-state index < -0.39 is 17.8 Å². The second kappa shape index (κ2) is 10.6. The lowest BCUT2D eigenvalue weighted by Gasteiger charge is -2.22. The number of benzene rings is 3. The van der Waals surface area contributed by atoms with E-state index in [-0.39, 0.29) is 35.7 Å². The summed E-state index contributed by atoms with van der Waals surface area (Å²) in [5, 5.41) is 11.5. The van der Waals surface area contributed by atoms with Gasteiger partial charge in [0, 0.05) is 30.4 Å². The van der Waals surface area contributed by atoms with Crippen LogP contribution in [0.5, 0.6) is 0 Å². The molecule has 216 valence electrons. The highest BCUT2D eigenvalue weighted by Gasteiger charge is 2.42. The number of nitrogens with two attached hydrogens (primary N) is 1. The van der Waals surface area contributed by atoms with Gasteiger partial charge < -0.3 is 20.5 Å². The quantitative estimate of drug-likeness (QED) is 0.244. The van der Waals surface area contributed by atoms with E-state index in [9.17, 15) is 18.0 Å². The van der Waals surface area contributed by atoms with Crippen LogP contribution in [0.3, 0.4) is 0 Å². The van der Waals surface area contributed by atoms with Crippen molar-refractivity contribution in [1.82, 2.24) is 20.3 Å². The summed E-state index contributed by atoms with van der Waals surface area (Å²) in [6.07, 6.45) is -4.33. The second-order valence-corrected chi connectivity index (χ2v) is 10.6. The first-order valence-electron chi connectivity index (χ1n) is 13.7. The minimum Gasteiger partial charge on any atom is -0.380 e. The van der Waals surface area contributed by atoms with Gasteiger partial charge in [-0.05, 0) is 59.9 Å². The number of aromatic nitrogens is 3. The minimum atomic E-state index is -4.73. The van der Waals surface area contributed by atoms with Gasteiger partial charge in [-0.15, -0.1) is 0 Å². The maximum atomic E-state index is 14.1. The zero-order valence-electron chi connectivity index (χ0n) is 23.1. The van der Waals surface area contributed by atoms with E-state index in [1.54, 1.807) is 6.07 Å². The monoisotopic (exact) mass is 574 g/mol. The molecule has 3 N–H and O–H groups in total. The van der Waals surface area contributed by atoms with Crippen LogP contribution < -0.4 is 16.0 Å². The van der Waals surface area contributed by atoms with Crippen LogP contribution >= 0.6 is 0 Å². The lowest BCUT2D eigenvalue weighted by molar-refractivity contribution is -0.141. The maximum Gasteiger partial charge on any atom is 0.435 e. The van der Waals surface area contributed by atoms with Crippen molar-refractivity contribution in [2.24, 2.45) is 0 Å². The molecule has 5 aromatic rings. The predicted molar refractivity (Wildman–Crippen MR) is 154 cm³/mol. The van der Waals surface area contributed by atoms with Crippen LogP contribution in [0.25, 0.3) is 27.8 Å². The van der Waals surface area contributed by atoms with E-state index in [2.05, 4.69) is 35.5 Å². The number of hydrogen-bond donors (Lipinski definition) is 2. The lowest BCUT2D eigenvalue weighted by Crippen LogP contribution is -2.32. The molecule has 6 rings (SSSR count). The van der Waals surface area contributed by atoms with Crippen LogP contribution in [0, 0.1) is 0 Å². The van der Waals surface area contributed by atoms with Crippen LogP contribution in [-0.2, 0) is 19.1 Å². The van der Waals surface area contributed by atoms with Gasteiger partial charge in [0.25, 0.3) is 5.91 Å². The van der Waals surface area contributed by atoms with Crippen LogP contribution in [0.15, 0.2) is 71.3 Å². The molecule has 8 nitrogen and oxygen atoms in total. The molecule has 1 aliphatic heterocycles. The Morgan fingerprint density at radius 1 is 1.05 bits per heavy atom. The fourth-order valence-electron chi connectivity index (χ4n) is 5.38. The summed E-state index contributed by atoms with van der Waals surface area (Å²) in [5.74, 6) is -0.464. The molecule has 42 heavy (non-hydrogen) atoms. The molecule has 0 saturated carbocycles. The molecule has 0 saturated heterocycles. The average molecular weight is 575 g/mol. The van der Waals surface area contributed by atoms with Gasteiger partial charge in [0.15, 0.2) is 17.1 Å². The first-order valence-corrected chi connectivity index (χ1v) is 13.7. The zero-order chi connectivity index (χ0) is 29.6. The van der Waals surface area contributed by atoms with Gasteiger partial charge in [-0.25, -0.2) is 4.68 Å². The molecule has 0 radical (unpaired) electrons. The van der Waals surface area contributed by atoms with Gasteiger partial charge in [0.05, 0.1) is 11.1 Å². The number of fused-ring (bicyclic) bond motifs is 2. The Labute approximate surface area is 239 Å². The molecule has 0 atom stereocenters. The van der Waals surface area contributed by atoms with Gasteiger partial charge in [-0.1, -0.05) is 55.4 Å². The third-order valence-corrected chi connectivity index (χ3v) is 7.44. The summed E-state index contributed by atoms with van der Waals surface area (Å²) in [5.41, 5.74) is 8.99. The van der Waals surface area contributed by atoms with E-state index in [0.29, 0.717) is 35.7 Å². The maximum absolute atomic E-state index is 14.1. The summed E-state index contributed by atoms with van der Waals surface area (Å²) in [4.78, 5) is 15.6. The van der Waals surface area contributed by atoms with E-state index >= 15 is 0 Å². The van der Waals surface area contributed by atoms with E-state index in [4.69, 9.17) is 10.3 Å². The van der Waals surface area contributed by atoms with Gasteiger partial charge in [-0.2, -0.15) is 18.3 Å². The largest absolute Gasteiger partial charge is 0.435 e. The minimum absolute atomic E-state index is 0.0539. The lowest BCUT2D eigenvalue weighted by atomic mass is 9.99. The highest BCUT2D eigenvalue weighted by molar-refractivity contribution is 6.07. The Hall–Kier alpha value is -4.64. The number of rotatable bonds is 6. The van der Waals surface area contributed by atoms with Crippen molar-refractivity contribution in [1.29, 1.82) is 0 Å². The summed E-state index contributed by atoms with van der Waals surface area (Å²) >= 11 is 0. The summed E-state index contributed by atoms with van der Waals surface area (Å²) < 4.78 is 48.6. The van der Waals surface area contributed by atoms with Crippen molar-refractivity contribution >= 4 is 28.4 Å². The summed E-state index contributed by atoms with van der Waals surface area (Å²) in [7, 11) is 0. The van der Waals surface area contributed by atoms with Crippen molar-refractivity contribution in [3.05, 3.63) is 89.2 Å². The standard InChI is InChI=1S/C31H29F3N6O2/c1-18(2)36-17-20-6-3-4-7-23(20)19-9-11-21(12-10-19)39-15-5-8-24-27(30(39)41)40(37-28(24)31(32,33)34)22-13-14-26-25(16-22)29(35)38-42-26/h3-4,6-7,9-14,16,18,36H,5,8,15,17H2,1-2H3,(H2,35,38). The number of nitrogens with zero attached hydrogens (tertiary/aromatic N) is 4. The highest BCUT2D eigenvalue weighted by atomic mass is 19.4. The Bertz CT molecular complexity index is 1770. The number of alkyl halides is 3. The molecule has 0 fully saturated rings. The number of amides is 1. The fourth-order valence-corrected chi connectivity index (χ4v) is 5.38. The highest BCUT2D eigenvalue weighted by Crippen LogP contribution is 2.37. The molecule has 1 amide bonds. The first kappa shape index (κ1) is 27.5. The first-order chi connectivity index (χ1) is 20.1. The predicted octanol–water partition coefficient (Wildman–Crippen LogP) is 6.37. The van der Waals surface area contributed by atoms with Crippen molar-refractivity contribution in [3.63, 3.8) is 0 Å². The number of nitrogens with one attached hydrogen (secondary N) is 1. The summed E-state index contributed by atoms with van der Waals surface area (Å²) in [6.45, 7) is 5.15. The molecule has 11 heteroatoms. The molecule has 0 bridgehead atoms. The fraction of sp³-hybridized carbons (Fsp3) is 0.258. The number of anilines is 2. The number of carbonyl (C=O) groups excluding carboxylic acids is 1. The van der Waals surface area contributed by atoms with Gasteiger partial charge in [0.1, 0.15) is 5.69 Å². The molecule has 1 aliphatic rings. The Morgan fingerprint density at radius 2 is 1.79 bits per heavy atom. The molecule has 0 aliphatic carbocycles. The van der Waals surface area contributed by atoms with Crippen LogP contribution in [0.2, 0.25) is 0 Å². The van der Waals surface area contributed by atoms with Crippen molar-refractivity contribution in [3.8, 4) is 16.8 Å². The zero-order valence-corrected chi connectivity index (χ0v) is 23.1. The number of carbonyl (C=O) groups is 1. The van der Waals surface area contributed by atoms with E-state index in [0.717, 1.165) is 21.4 Å². The molecule has 2 aromatic heterocycles. The molecular formula is C31H29F3N6O2. The van der Waals surface area contributed by atoms with E-state index in [1.807, 2.05) is 42.5 Å². The normalized spacial score (nSPS) is 14.0. The molecule has 3 heterocycles. The number of hydrogen-bond acceptors (Lipinski definition) is 6. The van der Waals surface area contributed by atoms with Gasteiger partial charge in [-0.3, -0.25) is 4.79 Å². The van der Waals surface area contributed by atoms with Crippen LogP contribution in [0.1, 0.15) is 47.6 Å². The van der Waals surface area contributed by atoms with Crippen molar-refractivity contribution in [2.45, 2.75) is 45.5 Å². The van der Waals surface area contributed by atoms with Gasteiger partial charge >= 0.3 is 6.18 Å². The Kier molecular flexibility index (Phi) is 6.97. The van der Waals surface area contributed by atoms with E-state index in [1.165, 1.54) is 17.0 Å². The van der Waals surface area contributed by atoms with Gasteiger partial charge in [0.2, 0.25) is 0 Å². The topological polar surface area (TPSA) is 102 Å². The van der Waals surface area contributed by atoms with Crippen LogP contribution in [0.4, 0.5) is 24.7 Å². The Morgan fingerprint density at radius 3 is 2.52 bits per heavy atom. The number of halogens is 3. The van der Waals surface area contributed by atoms with Crippen LogP contribution in [-0.4, -0.2) is 33.4 Å². The smallest absolute Gasteiger partial charge is 0.380 e. The Balaban J connectivity index is 1.39. The second-order valence-electron chi connectivity index (χ2n) is 10.6. The SMILES string of the molecule is CC(C)NCc1ccccc1-c1ccc(N2CCCc3c(C(F)(F)F)nn(-c4ccc5onc(N)c5c4)c3C2=O)cc1. The molecule has 0 spiro atoms. The number of nitrogen functional groups attached to an aromatic ring is 1. The van der Waals surface area contributed by atoms with Crippen molar-refractivity contribution in [2.75, 3.05) is 17.2 Å². The average Bonchev–Trinajstić information content (AvgIpc) is 3.50. The third-order valence-electron chi connectivity index (χ3n) is 7.44. The summed E-state index contributed by atoms with van der Waals surface area (Å²) in [6, 6.07) is 20.6. The van der Waals surface area contributed by atoms with Crippen molar-refractivity contribution < 1.29 is 22.5 Å².